The van der Waals surface area contributed by atoms with Crippen molar-refractivity contribution in [2.24, 2.45) is 5.92 Å². The Bertz CT molecular complexity index is 1050. The Morgan fingerprint density at radius 3 is 2.86 bits per heavy atom. The molecule has 0 radical (unpaired) electrons. The number of imidazole rings is 1. The van der Waals surface area contributed by atoms with E-state index in [2.05, 4.69) is 25.6 Å². The highest BCUT2D eigenvalue weighted by atomic mass is 16.2. The summed E-state index contributed by atoms with van der Waals surface area (Å²) in [7, 11) is 0. The fraction of sp³-hybridized carbons (Fsp3) is 0.350. The Morgan fingerprint density at radius 2 is 2.00 bits per heavy atom. The Morgan fingerprint density at radius 1 is 1.14 bits per heavy atom. The molecule has 2 bridgehead atoms. The minimum absolute atomic E-state index is 0.0923. The minimum atomic E-state index is -0.241. The second-order valence-electron chi connectivity index (χ2n) is 7.49. The van der Waals surface area contributed by atoms with Crippen LogP contribution in [0.25, 0.3) is 11.2 Å². The molecule has 2 aromatic heterocycles. The van der Waals surface area contributed by atoms with Crippen LogP contribution >= 0.6 is 0 Å². The number of carbonyl (C=O) groups excluding carboxylic acids is 2. The number of fused-ring (bicyclic) bond motifs is 3. The summed E-state index contributed by atoms with van der Waals surface area (Å²) >= 11 is 0. The van der Waals surface area contributed by atoms with E-state index in [1.165, 1.54) is 6.33 Å². The van der Waals surface area contributed by atoms with Crippen molar-refractivity contribution in [3.8, 4) is 0 Å². The predicted octanol–water partition coefficient (Wildman–Crippen LogP) is 2.31. The van der Waals surface area contributed by atoms with E-state index in [9.17, 15) is 9.59 Å². The summed E-state index contributed by atoms with van der Waals surface area (Å²) in [4.78, 5) is 37.5. The zero-order chi connectivity index (χ0) is 19.1. The van der Waals surface area contributed by atoms with Gasteiger partial charge in [0.15, 0.2) is 17.0 Å². The first-order chi connectivity index (χ1) is 13.7. The molecule has 3 heterocycles. The zero-order valence-corrected chi connectivity index (χ0v) is 15.2. The second-order valence-corrected chi connectivity index (χ2v) is 7.49. The van der Waals surface area contributed by atoms with Gasteiger partial charge in [0.2, 0.25) is 5.91 Å². The molecule has 0 unspecified atom stereocenters. The molecule has 28 heavy (non-hydrogen) atoms. The number of hydrogen-bond acceptors (Lipinski definition) is 5. The van der Waals surface area contributed by atoms with Gasteiger partial charge in [0.25, 0.3) is 5.91 Å². The Hall–Kier alpha value is -3.29. The Kier molecular flexibility index (Phi) is 4.03. The van der Waals surface area contributed by atoms with E-state index in [1.807, 2.05) is 22.8 Å². The normalized spacial score (nSPS) is 24.0. The molecule has 2 N–H and O–H groups in total. The van der Waals surface area contributed by atoms with Crippen molar-refractivity contribution in [3.63, 3.8) is 0 Å². The molecular formula is C20H20N6O2. The van der Waals surface area contributed by atoms with Gasteiger partial charge in [0.05, 0.1) is 12.4 Å². The van der Waals surface area contributed by atoms with E-state index >= 15 is 0 Å². The maximum absolute atomic E-state index is 12.5. The highest BCUT2D eigenvalue weighted by molar-refractivity contribution is 6.06. The monoisotopic (exact) mass is 376 g/mol. The summed E-state index contributed by atoms with van der Waals surface area (Å²) in [6, 6.07) is 9.18. The Balaban J connectivity index is 1.46. The molecule has 3 atom stereocenters. The molecule has 8 heteroatoms. The predicted molar refractivity (Wildman–Crippen MR) is 103 cm³/mol. The lowest BCUT2D eigenvalue weighted by Gasteiger charge is -2.40. The van der Waals surface area contributed by atoms with Crippen molar-refractivity contribution < 1.29 is 9.59 Å². The van der Waals surface area contributed by atoms with Crippen LogP contribution in [0.1, 0.15) is 42.1 Å². The summed E-state index contributed by atoms with van der Waals surface area (Å²) < 4.78 is 2.02. The average Bonchev–Trinajstić information content (AvgIpc) is 3.13. The lowest BCUT2D eigenvalue weighted by Crippen LogP contribution is -2.49. The van der Waals surface area contributed by atoms with Crippen molar-refractivity contribution in [1.29, 1.82) is 0 Å². The molecule has 2 aliphatic rings. The molecule has 142 valence electrons. The van der Waals surface area contributed by atoms with Crippen LogP contribution in [0, 0.1) is 5.92 Å². The molecule has 2 amide bonds. The minimum Gasteiger partial charge on any atom is -0.351 e. The molecule has 3 aromatic rings. The highest BCUT2D eigenvalue weighted by Crippen LogP contribution is 2.38. The van der Waals surface area contributed by atoms with E-state index in [4.69, 9.17) is 0 Å². The van der Waals surface area contributed by atoms with Crippen LogP contribution in [-0.2, 0) is 4.79 Å². The van der Waals surface area contributed by atoms with Gasteiger partial charge in [-0.2, -0.15) is 0 Å². The maximum atomic E-state index is 12.5. The van der Waals surface area contributed by atoms with E-state index in [-0.39, 0.29) is 23.9 Å². The van der Waals surface area contributed by atoms with E-state index < -0.39 is 0 Å². The summed E-state index contributed by atoms with van der Waals surface area (Å²) in [6.45, 7) is 0. The van der Waals surface area contributed by atoms with Gasteiger partial charge in [0, 0.05) is 18.0 Å². The van der Waals surface area contributed by atoms with Crippen LogP contribution in [0.5, 0.6) is 0 Å². The maximum Gasteiger partial charge on any atom is 0.256 e. The summed E-state index contributed by atoms with van der Waals surface area (Å²) in [6.07, 6.45) is 6.79. The first-order valence-corrected chi connectivity index (χ1v) is 9.52. The number of nitrogens with zero attached hydrogens (tertiary/aromatic N) is 4. The van der Waals surface area contributed by atoms with Gasteiger partial charge >= 0.3 is 0 Å². The van der Waals surface area contributed by atoms with E-state index in [1.54, 1.807) is 18.5 Å². The smallest absolute Gasteiger partial charge is 0.256 e. The molecule has 1 saturated heterocycles. The van der Waals surface area contributed by atoms with Crippen LogP contribution in [0.2, 0.25) is 0 Å². The number of benzene rings is 1. The van der Waals surface area contributed by atoms with Crippen molar-refractivity contribution in [1.82, 2.24) is 24.8 Å². The van der Waals surface area contributed by atoms with Gasteiger partial charge in [-0.25, -0.2) is 15.0 Å². The number of aromatic nitrogens is 4. The third-order valence-corrected chi connectivity index (χ3v) is 5.73. The lowest BCUT2D eigenvalue weighted by atomic mass is 9.77. The van der Waals surface area contributed by atoms with Crippen LogP contribution in [-0.4, -0.2) is 37.4 Å². The van der Waals surface area contributed by atoms with Crippen LogP contribution < -0.4 is 10.6 Å². The lowest BCUT2D eigenvalue weighted by molar-refractivity contribution is -0.126. The van der Waals surface area contributed by atoms with Crippen LogP contribution in [0.3, 0.4) is 0 Å². The fourth-order valence-corrected chi connectivity index (χ4v) is 4.40. The molecule has 0 spiro atoms. The van der Waals surface area contributed by atoms with Crippen molar-refractivity contribution >= 4 is 28.8 Å². The summed E-state index contributed by atoms with van der Waals surface area (Å²) in [5, 5.41) is 5.95. The fourth-order valence-electron chi connectivity index (χ4n) is 4.40. The van der Waals surface area contributed by atoms with Gasteiger partial charge in [0.1, 0.15) is 6.33 Å². The first-order valence-electron chi connectivity index (χ1n) is 9.52. The van der Waals surface area contributed by atoms with Gasteiger partial charge in [-0.05, 0) is 37.3 Å². The van der Waals surface area contributed by atoms with Crippen LogP contribution in [0.4, 0.5) is 5.82 Å². The van der Waals surface area contributed by atoms with Crippen molar-refractivity contribution in [3.05, 3.63) is 48.5 Å². The molecular weight excluding hydrogens is 356 g/mol. The van der Waals surface area contributed by atoms with Crippen molar-refractivity contribution in [2.75, 3.05) is 5.32 Å². The number of nitrogens with one attached hydrogen (secondary N) is 2. The zero-order valence-electron chi connectivity index (χ0n) is 15.2. The molecule has 8 nitrogen and oxygen atoms in total. The molecule has 5 rings (SSSR count). The molecule has 1 saturated carbocycles. The third kappa shape index (κ3) is 2.90. The van der Waals surface area contributed by atoms with Crippen molar-refractivity contribution in [2.45, 2.75) is 37.8 Å². The number of anilines is 1. The van der Waals surface area contributed by atoms with Gasteiger partial charge in [-0.3, -0.25) is 9.59 Å². The third-order valence-electron chi connectivity index (χ3n) is 5.73. The summed E-state index contributed by atoms with van der Waals surface area (Å²) in [5.74, 6) is 0.745. The molecule has 2 fully saturated rings. The first kappa shape index (κ1) is 16.9. The number of piperidine rings is 1. The topological polar surface area (TPSA) is 102 Å². The molecule has 1 aliphatic carbocycles. The SMILES string of the molecule is O=C1C[C@@H]2CC[C@@H](n3cnc4c(NC(=O)c5ccccc5)ncnc43)[C@@H](C2)N1. The van der Waals surface area contributed by atoms with Gasteiger partial charge in [-0.15, -0.1) is 0 Å². The number of hydrogen-bond donors (Lipinski definition) is 2. The van der Waals surface area contributed by atoms with Gasteiger partial charge in [-0.1, -0.05) is 18.2 Å². The second kappa shape index (κ2) is 6.70. The molecule has 1 aromatic carbocycles. The van der Waals surface area contributed by atoms with Gasteiger partial charge < -0.3 is 15.2 Å². The number of rotatable bonds is 3. The standard InChI is InChI=1S/C20H20N6O2/c27-16-9-12-6-7-15(14(8-12)24-16)26-11-23-17-18(21-10-22-19(17)26)25-20(28)13-4-2-1-3-5-13/h1-5,10-12,14-15H,6-9H2,(H,24,27)(H,21,22,25,28)/t12-,14-,15-/m1/s1. The Labute approximate surface area is 161 Å². The van der Waals surface area contributed by atoms with E-state index in [0.29, 0.717) is 34.9 Å². The summed E-state index contributed by atoms with van der Waals surface area (Å²) in [5.41, 5.74) is 1.77. The highest BCUT2D eigenvalue weighted by Gasteiger charge is 2.38. The average molecular weight is 376 g/mol. The molecule has 1 aliphatic heterocycles. The van der Waals surface area contributed by atoms with Crippen LogP contribution in [0.15, 0.2) is 43.0 Å². The largest absolute Gasteiger partial charge is 0.351 e. The number of amides is 2. The number of carbonyl (C=O) groups is 2. The quantitative estimate of drug-likeness (QED) is 0.730. The van der Waals surface area contributed by atoms with E-state index in [0.717, 1.165) is 19.3 Å².